The van der Waals surface area contributed by atoms with E-state index in [0.29, 0.717) is 16.6 Å². The number of hydrogen-bond donors (Lipinski definition) is 4. The Bertz CT molecular complexity index is 1100. The van der Waals surface area contributed by atoms with E-state index < -0.39 is 6.10 Å². The fraction of sp³-hybridized carbons (Fsp3) is 0.667. The zero-order chi connectivity index (χ0) is 26.2. The molecule has 5 rings (SSSR count). The molecule has 4 N–H and O–H groups in total. The lowest BCUT2D eigenvalue weighted by Crippen LogP contribution is -3.14. The molecule has 10 heteroatoms. The molecule has 0 unspecified atom stereocenters. The average molecular weight is 548 g/mol. The lowest BCUT2D eigenvalue weighted by atomic mass is 9.53. The number of hydrogen-bond acceptors (Lipinski definition) is 7. The van der Waals surface area contributed by atoms with Gasteiger partial charge < -0.3 is 20.1 Å². The number of nitrogens with one attached hydrogen (secondary N) is 3. The smallest absolute Gasteiger partial charge is 0.267 e. The third-order valence-electron chi connectivity index (χ3n) is 8.92. The van der Waals surface area contributed by atoms with Crippen LogP contribution in [-0.4, -0.2) is 67.4 Å². The number of amides is 2. The number of morpholine rings is 1. The van der Waals surface area contributed by atoms with Crippen LogP contribution in [0.5, 0.6) is 0 Å². The van der Waals surface area contributed by atoms with Gasteiger partial charge in [0.25, 0.3) is 5.91 Å². The van der Waals surface area contributed by atoms with E-state index in [9.17, 15) is 14.7 Å². The highest BCUT2D eigenvalue weighted by atomic mass is 32.1. The molecule has 1 aliphatic heterocycles. The van der Waals surface area contributed by atoms with Gasteiger partial charge in [-0.3, -0.25) is 14.9 Å². The van der Waals surface area contributed by atoms with Crippen LogP contribution in [0.1, 0.15) is 59.8 Å². The average Bonchev–Trinajstić information content (AvgIpc) is 3.54. The number of aliphatic hydroxyl groups excluding tert-OH is 1. The molecule has 1 saturated carbocycles. The molecule has 2 fully saturated rings. The molecule has 0 spiro atoms. The summed E-state index contributed by atoms with van der Waals surface area (Å²) in [6.45, 7) is 11.5. The van der Waals surface area contributed by atoms with Crippen molar-refractivity contribution in [2.45, 2.75) is 52.1 Å². The van der Waals surface area contributed by atoms with E-state index >= 15 is 0 Å². The summed E-state index contributed by atoms with van der Waals surface area (Å²) in [5.41, 5.74) is 0.930. The summed E-state index contributed by atoms with van der Waals surface area (Å²) in [6, 6.07) is 3.67. The first-order valence-electron chi connectivity index (χ1n) is 13.5. The normalized spacial score (nSPS) is 30.7. The minimum absolute atomic E-state index is 0.0229. The Labute approximate surface area is 226 Å². The molecule has 6 atom stereocenters. The lowest BCUT2D eigenvalue weighted by Gasteiger charge is -2.53. The lowest BCUT2D eigenvalue weighted by molar-refractivity contribution is -0.906. The molecule has 8 nitrogen and oxygen atoms in total. The monoisotopic (exact) mass is 547 g/mol. The number of anilines is 1. The van der Waals surface area contributed by atoms with Gasteiger partial charge in [0.2, 0.25) is 5.91 Å². The Morgan fingerprint density at radius 1 is 1.35 bits per heavy atom. The summed E-state index contributed by atoms with van der Waals surface area (Å²) >= 11 is 2.97. The Hall–Kier alpha value is -1.85. The number of thiazole rings is 1. The molecule has 2 aromatic heterocycles. The standard InChI is InChI=1S/C27H38N4O4S2/c1-16(24(33)28-8-9-31-10-12-35-13-11-31)18-6-7-27(3)15-20-22(17(2)21(27)23(18)32)29-26(37-20)30-25(34)19-5-4-14-36-19/h4-5,14,16-18,21,23,32H,6-13,15H2,1-3H3,(H,28,33)(H,29,30,34)/p+1/t16-,17-,18+,21+,23-,27-/m0/s1. The maximum atomic E-state index is 13.0. The van der Waals surface area contributed by atoms with Gasteiger partial charge in [-0.25, -0.2) is 4.98 Å². The molecule has 2 aromatic rings. The van der Waals surface area contributed by atoms with Crippen LogP contribution in [0.25, 0.3) is 0 Å². The van der Waals surface area contributed by atoms with Crippen molar-refractivity contribution in [3.05, 3.63) is 33.0 Å². The Balaban J connectivity index is 1.24. The zero-order valence-corrected chi connectivity index (χ0v) is 23.6. The number of aromatic nitrogens is 1. The van der Waals surface area contributed by atoms with Crippen molar-refractivity contribution in [1.29, 1.82) is 0 Å². The van der Waals surface area contributed by atoms with Gasteiger partial charge in [0, 0.05) is 16.7 Å². The number of aliphatic hydroxyl groups is 1. The Kier molecular flexibility index (Phi) is 8.02. The molecule has 37 heavy (non-hydrogen) atoms. The van der Waals surface area contributed by atoms with Crippen molar-refractivity contribution >= 4 is 39.6 Å². The van der Waals surface area contributed by atoms with E-state index in [2.05, 4.69) is 24.5 Å². The highest BCUT2D eigenvalue weighted by molar-refractivity contribution is 7.16. The van der Waals surface area contributed by atoms with Crippen molar-refractivity contribution in [2.75, 3.05) is 44.7 Å². The summed E-state index contributed by atoms with van der Waals surface area (Å²) in [5.74, 6) is -0.340. The van der Waals surface area contributed by atoms with Crippen LogP contribution in [0.4, 0.5) is 5.13 Å². The quantitative estimate of drug-likeness (QED) is 0.425. The molecule has 0 aromatic carbocycles. The van der Waals surface area contributed by atoms with Crippen LogP contribution in [0.3, 0.4) is 0 Å². The van der Waals surface area contributed by atoms with Crippen LogP contribution in [0, 0.1) is 23.2 Å². The molecule has 0 bridgehead atoms. The molecule has 1 saturated heterocycles. The number of ether oxygens (including phenoxy) is 1. The topological polar surface area (TPSA) is 105 Å². The van der Waals surface area contributed by atoms with Crippen molar-refractivity contribution in [1.82, 2.24) is 10.3 Å². The van der Waals surface area contributed by atoms with E-state index in [-0.39, 0.29) is 40.9 Å². The van der Waals surface area contributed by atoms with Gasteiger partial charge in [-0.1, -0.05) is 26.8 Å². The van der Waals surface area contributed by atoms with Crippen molar-refractivity contribution in [2.24, 2.45) is 23.2 Å². The van der Waals surface area contributed by atoms with Crippen LogP contribution >= 0.6 is 22.7 Å². The summed E-state index contributed by atoms with van der Waals surface area (Å²) in [7, 11) is 0. The van der Waals surface area contributed by atoms with Gasteiger partial charge in [0.05, 0.1) is 43.0 Å². The number of carbonyl (C=O) groups excluding carboxylic acids is 2. The fourth-order valence-electron chi connectivity index (χ4n) is 6.79. The molecular formula is C27H39N4O4S2+. The minimum Gasteiger partial charge on any atom is -0.392 e. The summed E-state index contributed by atoms with van der Waals surface area (Å²) < 4.78 is 5.41. The Morgan fingerprint density at radius 3 is 2.86 bits per heavy atom. The van der Waals surface area contributed by atoms with E-state index in [4.69, 9.17) is 9.72 Å². The van der Waals surface area contributed by atoms with Crippen LogP contribution in [-0.2, 0) is 16.0 Å². The van der Waals surface area contributed by atoms with Crippen molar-refractivity contribution < 1.29 is 24.3 Å². The Morgan fingerprint density at radius 2 is 2.14 bits per heavy atom. The predicted molar refractivity (Wildman–Crippen MR) is 145 cm³/mol. The van der Waals surface area contributed by atoms with Gasteiger partial charge in [-0.15, -0.1) is 22.7 Å². The molecule has 3 heterocycles. The number of rotatable bonds is 7. The van der Waals surface area contributed by atoms with Gasteiger partial charge in [-0.2, -0.15) is 0 Å². The van der Waals surface area contributed by atoms with E-state index in [1.807, 2.05) is 24.4 Å². The second-order valence-electron chi connectivity index (χ2n) is 11.3. The SMILES string of the molecule is C[C@H](C(=O)NCC[NH+]1CCOCC1)[C@H]1CC[C@@]2(C)Cc3sc(NC(=O)c4cccs4)nc3[C@@H](C)[C@@H]2[C@H]1O. The maximum absolute atomic E-state index is 13.0. The first-order valence-corrected chi connectivity index (χ1v) is 15.2. The number of carbonyl (C=O) groups is 2. The number of fused-ring (bicyclic) bond motifs is 2. The van der Waals surface area contributed by atoms with E-state index in [1.165, 1.54) is 21.1 Å². The second-order valence-corrected chi connectivity index (χ2v) is 13.3. The molecule has 202 valence electrons. The van der Waals surface area contributed by atoms with Crippen molar-refractivity contribution in [3.63, 3.8) is 0 Å². The third kappa shape index (κ3) is 5.49. The number of nitrogens with zero attached hydrogens (tertiary/aromatic N) is 1. The summed E-state index contributed by atoms with van der Waals surface area (Å²) in [5, 5.41) is 20.3. The molecule has 2 amide bonds. The first kappa shape index (κ1) is 26.7. The first-order chi connectivity index (χ1) is 17.8. The van der Waals surface area contributed by atoms with Crippen LogP contribution in [0.2, 0.25) is 0 Å². The highest BCUT2D eigenvalue weighted by Crippen LogP contribution is 2.57. The summed E-state index contributed by atoms with van der Waals surface area (Å²) in [6.07, 6.45) is 2.07. The van der Waals surface area contributed by atoms with Crippen LogP contribution < -0.4 is 15.5 Å². The fourth-order valence-corrected chi connectivity index (χ4v) is 8.67. The highest BCUT2D eigenvalue weighted by Gasteiger charge is 2.53. The summed E-state index contributed by atoms with van der Waals surface area (Å²) in [4.78, 5) is 33.8. The second kappa shape index (κ2) is 11.1. The predicted octanol–water partition coefficient (Wildman–Crippen LogP) is 2.18. The minimum atomic E-state index is -0.571. The van der Waals surface area contributed by atoms with Gasteiger partial charge in [-0.05, 0) is 48.0 Å². The molecule has 0 radical (unpaired) electrons. The largest absolute Gasteiger partial charge is 0.392 e. The molecule has 2 aliphatic carbocycles. The molecular weight excluding hydrogens is 508 g/mol. The van der Waals surface area contributed by atoms with Gasteiger partial charge >= 0.3 is 0 Å². The third-order valence-corrected chi connectivity index (χ3v) is 10.8. The molecule has 3 aliphatic rings. The van der Waals surface area contributed by atoms with Crippen LogP contribution in [0.15, 0.2) is 17.5 Å². The number of thiophene rings is 1. The van der Waals surface area contributed by atoms with E-state index in [1.54, 1.807) is 11.3 Å². The van der Waals surface area contributed by atoms with Gasteiger partial charge in [0.1, 0.15) is 13.1 Å². The van der Waals surface area contributed by atoms with E-state index in [0.717, 1.165) is 57.8 Å². The zero-order valence-electron chi connectivity index (χ0n) is 21.9. The van der Waals surface area contributed by atoms with Gasteiger partial charge in [0.15, 0.2) is 5.13 Å². The number of quaternary nitrogens is 1. The van der Waals surface area contributed by atoms with Crippen molar-refractivity contribution in [3.8, 4) is 0 Å². The maximum Gasteiger partial charge on any atom is 0.267 e.